The van der Waals surface area contributed by atoms with Crippen molar-refractivity contribution in [3.8, 4) is 5.75 Å². The molecule has 0 aliphatic carbocycles. The van der Waals surface area contributed by atoms with Crippen molar-refractivity contribution < 1.29 is 19.6 Å². The predicted molar refractivity (Wildman–Crippen MR) is 63.6 cm³/mol. The van der Waals surface area contributed by atoms with E-state index in [2.05, 4.69) is 0 Å². The molecule has 7 heteroatoms. The van der Waals surface area contributed by atoms with Gasteiger partial charge in [-0.15, -0.1) is 0 Å². The van der Waals surface area contributed by atoms with E-state index < -0.39 is 16.4 Å². The molecule has 0 aliphatic rings. The molecule has 0 bridgehead atoms. The third-order valence-corrected chi connectivity index (χ3v) is 2.47. The van der Waals surface area contributed by atoms with Crippen LogP contribution in [0, 0.1) is 17.0 Å². The Morgan fingerprint density at radius 3 is 2.72 bits per heavy atom. The molecule has 0 saturated carbocycles. The summed E-state index contributed by atoms with van der Waals surface area (Å²) < 4.78 is 5.24. The number of nitrogens with zero attached hydrogens (tertiary/aromatic N) is 1. The number of aliphatic carboxylic acids is 1. The second-order valence-corrected chi connectivity index (χ2v) is 4.17. The van der Waals surface area contributed by atoms with E-state index in [0.717, 1.165) is 0 Å². The number of hydrogen-bond donors (Lipinski definition) is 2. The summed E-state index contributed by atoms with van der Waals surface area (Å²) >= 11 is 0. The number of nitrogens with two attached hydrogens (primary N) is 1. The first-order valence-electron chi connectivity index (χ1n) is 5.15. The molecule has 1 rings (SSSR count). The number of hydrogen-bond acceptors (Lipinski definition) is 5. The van der Waals surface area contributed by atoms with Crippen molar-refractivity contribution in [1.82, 2.24) is 0 Å². The summed E-state index contributed by atoms with van der Waals surface area (Å²) in [6, 6.07) is 4.34. The smallest absolute Gasteiger partial charge is 0.326 e. The maximum Gasteiger partial charge on any atom is 0.326 e. The van der Waals surface area contributed by atoms with Crippen LogP contribution in [0.25, 0.3) is 0 Å². The molecule has 18 heavy (non-hydrogen) atoms. The van der Waals surface area contributed by atoms with Crippen molar-refractivity contribution >= 4 is 11.7 Å². The quantitative estimate of drug-likeness (QED) is 0.600. The van der Waals surface area contributed by atoms with Gasteiger partial charge >= 0.3 is 5.97 Å². The van der Waals surface area contributed by atoms with E-state index in [4.69, 9.17) is 15.6 Å². The maximum atomic E-state index is 10.8. The predicted octanol–water partition coefficient (Wildman–Crippen LogP) is 1.08. The topological polar surface area (TPSA) is 116 Å². The standard InChI is InChI=1S/C11H14N2O5/c1-7-8(13(16)17)4-3-5-9(7)18-6-11(2,12)10(14)15/h3-5H,6,12H2,1-2H3,(H,14,15). The fourth-order valence-electron chi connectivity index (χ4n) is 1.25. The lowest BCUT2D eigenvalue weighted by Crippen LogP contribution is -2.50. The zero-order chi connectivity index (χ0) is 13.9. The zero-order valence-electron chi connectivity index (χ0n) is 10.0. The van der Waals surface area contributed by atoms with Gasteiger partial charge in [-0.05, 0) is 19.9 Å². The van der Waals surface area contributed by atoms with Crippen molar-refractivity contribution in [2.45, 2.75) is 19.4 Å². The summed E-state index contributed by atoms with van der Waals surface area (Å²) in [5.74, 6) is -0.951. The Bertz CT molecular complexity index is 484. The molecule has 0 amide bonds. The van der Waals surface area contributed by atoms with Crippen molar-refractivity contribution in [2.75, 3.05) is 6.61 Å². The Labute approximate surface area is 103 Å². The zero-order valence-corrected chi connectivity index (χ0v) is 10.0. The van der Waals surface area contributed by atoms with E-state index in [1.165, 1.54) is 32.0 Å². The average molecular weight is 254 g/mol. The molecule has 1 aromatic carbocycles. The maximum absolute atomic E-state index is 10.8. The Morgan fingerprint density at radius 2 is 2.22 bits per heavy atom. The second-order valence-electron chi connectivity index (χ2n) is 4.17. The van der Waals surface area contributed by atoms with Crippen molar-refractivity contribution in [2.24, 2.45) is 5.73 Å². The SMILES string of the molecule is Cc1c(OCC(C)(N)C(=O)O)cccc1[N+](=O)[O-]. The lowest BCUT2D eigenvalue weighted by Gasteiger charge is -2.20. The largest absolute Gasteiger partial charge is 0.491 e. The Hall–Kier alpha value is -2.15. The molecule has 0 heterocycles. The van der Waals surface area contributed by atoms with Crippen molar-refractivity contribution in [3.63, 3.8) is 0 Å². The van der Waals surface area contributed by atoms with Crippen LogP contribution in [0.3, 0.4) is 0 Å². The van der Waals surface area contributed by atoms with Gasteiger partial charge in [0.2, 0.25) is 0 Å². The molecular formula is C11H14N2O5. The summed E-state index contributed by atoms with van der Waals surface area (Å²) in [5, 5.41) is 19.5. The molecule has 0 aromatic heterocycles. The lowest BCUT2D eigenvalue weighted by molar-refractivity contribution is -0.385. The first-order valence-corrected chi connectivity index (χ1v) is 5.15. The van der Waals surface area contributed by atoms with Gasteiger partial charge in [0, 0.05) is 6.07 Å². The highest BCUT2D eigenvalue weighted by molar-refractivity contribution is 5.78. The summed E-state index contributed by atoms with van der Waals surface area (Å²) in [6.07, 6.45) is 0. The molecule has 1 aromatic rings. The van der Waals surface area contributed by atoms with Crippen molar-refractivity contribution in [1.29, 1.82) is 0 Å². The average Bonchev–Trinajstić information content (AvgIpc) is 2.27. The summed E-state index contributed by atoms with van der Waals surface area (Å²) in [6.45, 7) is 2.56. The lowest BCUT2D eigenvalue weighted by atomic mass is 10.1. The molecule has 98 valence electrons. The molecule has 0 radical (unpaired) electrons. The van der Waals surface area contributed by atoms with Crippen LogP contribution in [0.15, 0.2) is 18.2 Å². The fraction of sp³-hybridized carbons (Fsp3) is 0.364. The highest BCUT2D eigenvalue weighted by atomic mass is 16.6. The van der Waals surface area contributed by atoms with Crippen LogP contribution in [-0.2, 0) is 4.79 Å². The number of carboxylic acid groups (broad SMARTS) is 1. The second kappa shape index (κ2) is 5.01. The van der Waals surface area contributed by atoms with Crippen molar-refractivity contribution in [3.05, 3.63) is 33.9 Å². The van der Waals surface area contributed by atoms with Gasteiger partial charge < -0.3 is 15.6 Å². The normalized spacial score (nSPS) is 13.7. The minimum Gasteiger partial charge on any atom is -0.491 e. The van der Waals surface area contributed by atoms with Gasteiger partial charge in [-0.3, -0.25) is 14.9 Å². The molecule has 1 atom stereocenters. The summed E-state index contributed by atoms with van der Waals surface area (Å²) in [7, 11) is 0. The molecule has 1 unspecified atom stereocenters. The highest BCUT2D eigenvalue weighted by Crippen LogP contribution is 2.27. The van der Waals surface area contributed by atoms with Gasteiger partial charge in [-0.1, -0.05) is 6.07 Å². The first kappa shape index (κ1) is 13.9. The van der Waals surface area contributed by atoms with E-state index in [1.54, 1.807) is 0 Å². The number of carbonyl (C=O) groups is 1. The Morgan fingerprint density at radius 1 is 1.61 bits per heavy atom. The Kier molecular flexibility index (Phi) is 3.87. The van der Waals surface area contributed by atoms with Crippen LogP contribution in [-0.4, -0.2) is 28.1 Å². The third kappa shape index (κ3) is 2.95. The summed E-state index contributed by atoms with van der Waals surface area (Å²) in [5.41, 5.74) is 4.21. The van der Waals surface area contributed by atoms with Crippen LogP contribution in [0.4, 0.5) is 5.69 Å². The Balaban J connectivity index is 2.90. The number of carboxylic acids is 1. The summed E-state index contributed by atoms with van der Waals surface area (Å²) in [4.78, 5) is 21.0. The molecule has 0 fully saturated rings. The van der Waals surface area contributed by atoms with Gasteiger partial charge in [0.25, 0.3) is 5.69 Å². The first-order chi connectivity index (χ1) is 8.25. The van der Waals surface area contributed by atoms with Gasteiger partial charge in [-0.25, -0.2) is 0 Å². The minimum absolute atomic E-state index is 0.0819. The van der Waals surface area contributed by atoms with Crippen LogP contribution in [0.2, 0.25) is 0 Å². The minimum atomic E-state index is -1.54. The highest BCUT2D eigenvalue weighted by Gasteiger charge is 2.29. The monoisotopic (exact) mass is 254 g/mol. The molecular weight excluding hydrogens is 240 g/mol. The van der Waals surface area contributed by atoms with E-state index >= 15 is 0 Å². The van der Waals surface area contributed by atoms with E-state index in [-0.39, 0.29) is 18.0 Å². The van der Waals surface area contributed by atoms with E-state index in [1.807, 2.05) is 0 Å². The number of nitro groups is 1. The van der Waals surface area contributed by atoms with Crippen LogP contribution in [0.5, 0.6) is 5.75 Å². The number of rotatable bonds is 5. The van der Waals surface area contributed by atoms with Gasteiger partial charge in [0.1, 0.15) is 17.9 Å². The van der Waals surface area contributed by atoms with Crippen LogP contribution < -0.4 is 10.5 Å². The van der Waals surface area contributed by atoms with Gasteiger partial charge in [-0.2, -0.15) is 0 Å². The van der Waals surface area contributed by atoms with E-state index in [0.29, 0.717) is 5.56 Å². The van der Waals surface area contributed by atoms with Gasteiger partial charge in [0.05, 0.1) is 10.5 Å². The molecule has 3 N–H and O–H groups in total. The molecule has 7 nitrogen and oxygen atoms in total. The molecule has 0 saturated heterocycles. The third-order valence-electron chi connectivity index (χ3n) is 2.47. The number of benzene rings is 1. The number of ether oxygens (including phenoxy) is 1. The van der Waals surface area contributed by atoms with E-state index in [9.17, 15) is 14.9 Å². The number of nitro benzene ring substituents is 1. The van der Waals surface area contributed by atoms with Crippen LogP contribution in [0.1, 0.15) is 12.5 Å². The van der Waals surface area contributed by atoms with Gasteiger partial charge in [0.15, 0.2) is 0 Å². The fourth-order valence-corrected chi connectivity index (χ4v) is 1.25. The molecule has 0 aliphatic heterocycles. The van der Waals surface area contributed by atoms with Crippen LogP contribution >= 0.6 is 0 Å². The molecule has 0 spiro atoms.